The number of aliphatic hydroxyl groups is 1. The number of esters is 1. The number of carbonyl (C=O) groups is 1. The topological polar surface area (TPSA) is 120 Å². The summed E-state index contributed by atoms with van der Waals surface area (Å²) in [6.07, 6.45) is 3.75. The summed E-state index contributed by atoms with van der Waals surface area (Å²) in [6, 6.07) is 3.52. The van der Waals surface area contributed by atoms with Crippen LogP contribution in [0.4, 0.5) is 0 Å². The fourth-order valence-electron chi connectivity index (χ4n) is 11.7. The monoisotopic (exact) mass is 579 g/mol. The van der Waals surface area contributed by atoms with Gasteiger partial charge in [0.05, 0.1) is 18.8 Å². The molecular formula is C33H46BNO7. The van der Waals surface area contributed by atoms with E-state index in [1.54, 1.807) is 12.1 Å². The molecule has 9 heteroatoms. The van der Waals surface area contributed by atoms with E-state index in [1.807, 2.05) is 13.2 Å². The molecule has 5 saturated carbocycles. The number of nitrogens with two attached hydrogens (primary N) is 1. The van der Waals surface area contributed by atoms with Gasteiger partial charge in [-0.3, -0.25) is 0 Å². The molecule has 0 bridgehead atoms. The Bertz CT molecular complexity index is 1310. The first kappa shape index (κ1) is 28.8. The van der Waals surface area contributed by atoms with Crippen molar-refractivity contribution in [2.45, 2.75) is 78.4 Å². The highest BCUT2D eigenvalue weighted by atomic mass is 16.6. The standard InChI is InChI=1S/C33H46BNO7/c1-7-31(4)12-23(42-24(36)15-40-19-10-18(13-35)20-14-41-34(38)21(20)11-19)32(5)16(2)25-26-22(39-6)8-9-33(17(3)30(31)37)28(26)27(25)29(32)33/h7,10-11,16-17,22-23,25-30,37-38H,1,8-9,12-15,35H2,2-6H3/t16-,17+,22?,23?,25?,26?,27?,28?,29+,30+,31-,32+,33+/m1/s1. The van der Waals surface area contributed by atoms with Crippen LogP contribution >= 0.6 is 0 Å². The summed E-state index contributed by atoms with van der Waals surface area (Å²) in [5.74, 6) is 3.09. The molecule has 7 rings (SSSR count). The second-order valence-electron chi connectivity index (χ2n) is 14.7. The number of rotatable bonds is 7. The first-order valence-electron chi connectivity index (χ1n) is 15.8. The van der Waals surface area contributed by atoms with E-state index >= 15 is 0 Å². The van der Waals surface area contributed by atoms with Crippen LogP contribution in [0.3, 0.4) is 0 Å². The van der Waals surface area contributed by atoms with Crippen molar-refractivity contribution in [3.8, 4) is 5.75 Å². The summed E-state index contributed by atoms with van der Waals surface area (Å²) in [7, 11) is 0.817. The van der Waals surface area contributed by atoms with Gasteiger partial charge in [0, 0.05) is 24.5 Å². The lowest BCUT2D eigenvalue weighted by Gasteiger charge is -2.79. The van der Waals surface area contributed by atoms with Gasteiger partial charge < -0.3 is 34.7 Å². The van der Waals surface area contributed by atoms with Crippen LogP contribution in [0.15, 0.2) is 24.8 Å². The smallest absolute Gasteiger partial charge is 0.482 e. The second-order valence-corrected chi connectivity index (χ2v) is 14.7. The summed E-state index contributed by atoms with van der Waals surface area (Å²) < 4.78 is 23.8. The number of fused-ring (bicyclic) bond motifs is 2. The molecule has 228 valence electrons. The lowest BCUT2D eigenvalue weighted by Crippen LogP contribution is -2.77. The maximum Gasteiger partial charge on any atom is 0.491 e. The molecule has 0 saturated heterocycles. The fourth-order valence-corrected chi connectivity index (χ4v) is 11.7. The van der Waals surface area contributed by atoms with Gasteiger partial charge in [-0.2, -0.15) is 0 Å². The van der Waals surface area contributed by atoms with Gasteiger partial charge >= 0.3 is 13.1 Å². The summed E-state index contributed by atoms with van der Waals surface area (Å²) in [4.78, 5) is 13.6. The molecule has 1 aliphatic heterocycles. The van der Waals surface area contributed by atoms with E-state index < -0.39 is 24.6 Å². The fraction of sp³-hybridized carbons (Fsp3) is 0.727. The number of ether oxygens (including phenoxy) is 3. The number of methoxy groups -OCH3 is 1. The molecule has 0 amide bonds. The molecule has 0 aromatic heterocycles. The van der Waals surface area contributed by atoms with E-state index in [4.69, 9.17) is 24.6 Å². The van der Waals surface area contributed by atoms with Crippen molar-refractivity contribution in [2.75, 3.05) is 13.7 Å². The predicted octanol–water partition coefficient (Wildman–Crippen LogP) is 2.81. The van der Waals surface area contributed by atoms with Crippen LogP contribution in [-0.2, 0) is 32.1 Å². The lowest BCUT2D eigenvalue weighted by molar-refractivity contribution is -0.339. The molecule has 1 heterocycles. The molecule has 5 aliphatic carbocycles. The third-order valence-electron chi connectivity index (χ3n) is 13.8. The highest BCUT2D eigenvalue weighted by Gasteiger charge is 2.87. The van der Waals surface area contributed by atoms with E-state index in [2.05, 4.69) is 34.3 Å². The van der Waals surface area contributed by atoms with E-state index in [9.17, 15) is 14.9 Å². The summed E-state index contributed by atoms with van der Waals surface area (Å²) in [5, 5.41) is 22.2. The Hall–Kier alpha value is -1.91. The molecule has 6 aliphatic rings. The maximum absolute atomic E-state index is 13.6. The van der Waals surface area contributed by atoms with Crippen molar-refractivity contribution in [1.29, 1.82) is 0 Å². The number of hydrogen-bond donors (Lipinski definition) is 3. The van der Waals surface area contributed by atoms with Gasteiger partial charge in [-0.1, -0.05) is 33.8 Å². The minimum Gasteiger partial charge on any atom is -0.482 e. The van der Waals surface area contributed by atoms with Gasteiger partial charge in [0.1, 0.15) is 11.9 Å². The molecule has 13 atom stereocenters. The van der Waals surface area contributed by atoms with Crippen molar-refractivity contribution in [3.63, 3.8) is 0 Å². The first-order chi connectivity index (χ1) is 20.0. The van der Waals surface area contributed by atoms with Crippen molar-refractivity contribution in [3.05, 3.63) is 35.9 Å². The second kappa shape index (κ2) is 9.55. The lowest BCUT2D eigenvalue weighted by atomic mass is 9.26. The van der Waals surface area contributed by atoms with E-state index in [0.717, 1.165) is 24.0 Å². The average Bonchev–Trinajstić information content (AvgIpc) is 3.39. The molecule has 8 nitrogen and oxygen atoms in total. The van der Waals surface area contributed by atoms with E-state index in [0.29, 0.717) is 59.7 Å². The maximum atomic E-state index is 13.6. The van der Waals surface area contributed by atoms with Gasteiger partial charge in [0.25, 0.3) is 0 Å². The van der Waals surface area contributed by atoms with Gasteiger partial charge in [-0.25, -0.2) is 4.79 Å². The molecule has 0 radical (unpaired) electrons. The third-order valence-corrected chi connectivity index (χ3v) is 13.8. The van der Waals surface area contributed by atoms with Crippen LogP contribution in [0.2, 0.25) is 0 Å². The van der Waals surface area contributed by atoms with Crippen molar-refractivity contribution < 1.29 is 33.8 Å². The average molecular weight is 580 g/mol. The molecule has 4 N–H and O–H groups in total. The van der Waals surface area contributed by atoms with Gasteiger partial charge in [0.15, 0.2) is 6.61 Å². The molecule has 1 aromatic carbocycles. The summed E-state index contributed by atoms with van der Waals surface area (Å²) in [6.45, 7) is 13.5. The van der Waals surface area contributed by atoms with Crippen LogP contribution in [0, 0.1) is 57.7 Å². The predicted molar refractivity (Wildman–Crippen MR) is 157 cm³/mol. The zero-order valence-electron chi connectivity index (χ0n) is 25.5. The highest BCUT2D eigenvalue weighted by Crippen LogP contribution is 2.88. The zero-order chi connectivity index (χ0) is 29.9. The Morgan fingerprint density at radius 2 is 2.00 bits per heavy atom. The summed E-state index contributed by atoms with van der Waals surface area (Å²) >= 11 is 0. The molecule has 42 heavy (non-hydrogen) atoms. The summed E-state index contributed by atoms with van der Waals surface area (Å²) in [5.41, 5.74) is 7.43. The van der Waals surface area contributed by atoms with E-state index in [-0.39, 0.29) is 42.1 Å². The molecule has 1 aromatic rings. The molecule has 1 spiro atoms. The number of aliphatic hydroxyl groups excluding tert-OH is 1. The van der Waals surface area contributed by atoms with Crippen molar-refractivity contribution >= 4 is 18.6 Å². The zero-order valence-corrected chi connectivity index (χ0v) is 25.5. The number of hydrogen-bond acceptors (Lipinski definition) is 8. The quantitative estimate of drug-likeness (QED) is 0.256. The SMILES string of the molecule is C=C[C@]1(C)CC(OC(=O)COc2cc(CN)c3c(c2)B(O)OC3)[C@]2(C)[C@H](C)C3C4C(OC)CC[C@@]5(C4C3[C@@H]25)[C@@H](C)[C@@H]1O. The van der Waals surface area contributed by atoms with Crippen LogP contribution in [0.5, 0.6) is 5.75 Å². The number of benzene rings is 1. The van der Waals surface area contributed by atoms with Gasteiger partial charge in [-0.15, -0.1) is 6.58 Å². The Morgan fingerprint density at radius 1 is 1.24 bits per heavy atom. The normalized spacial score (nSPS) is 47.8. The largest absolute Gasteiger partial charge is 0.491 e. The molecule has 5 fully saturated rings. The van der Waals surface area contributed by atoms with Crippen LogP contribution in [0.1, 0.15) is 58.1 Å². The Labute approximate surface area is 249 Å². The van der Waals surface area contributed by atoms with Gasteiger partial charge in [0.2, 0.25) is 0 Å². The highest BCUT2D eigenvalue weighted by molar-refractivity contribution is 6.61. The van der Waals surface area contributed by atoms with Crippen LogP contribution in [-0.4, -0.2) is 55.2 Å². The number of carbonyl (C=O) groups excluding carboxylic acids is 1. The van der Waals surface area contributed by atoms with Crippen LogP contribution in [0.25, 0.3) is 0 Å². The molecule has 6 unspecified atom stereocenters. The van der Waals surface area contributed by atoms with Crippen molar-refractivity contribution in [1.82, 2.24) is 0 Å². The Kier molecular flexibility index (Phi) is 6.56. The minimum absolute atomic E-state index is 0.0115. The Balaban J connectivity index is 1.19. The first-order valence-corrected chi connectivity index (χ1v) is 15.8. The Morgan fingerprint density at radius 3 is 2.69 bits per heavy atom. The van der Waals surface area contributed by atoms with Gasteiger partial charge in [-0.05, 0) is 94.8 Å². The third kappa shape index (κ3) is 3.40. The molecular weight excluding hydrogens is 533 g/mol. The van der Waals surface area contributed by atoms with Crippen LogP contribution < -0.4 is 15.9 Å². The van der Waals surface area contributed by atoms with Crippen molar-refractivity contribution in [2.24, 2.45) is 63.4 Å². The minimum atomic E-state index is -1.03. The van der Waals surface area contributed by atoms with E-state index in [1.165, 1.54) is 0 Å².